The van der Waals surface area contributed by atoms with Crippen LogP contribution in [0, 0.1) is 5.92 Å². The Bertz CT molecular complexity index is 2010. The van der Waals surface area contributed by atoms with Gasteiger partial charge in [0.1, 0.15) is 19.3 Å². The lowest BCUT2D eigenvalue weighted by atomic mass is 10.0. The lowest BCUT2D eigenvalue weighted by Gasteiger charge is -2.21. The predicted octanol–water partition coefficient (Wildman–Crippen LogP) is 26.8. The highest BCUT2D eigenvalue weighted by molar-refractivity contribution is 7.47. The number of aliphatic hydroxyl groups excluding tert-OH is 1. The Kier molecular flexibility index (Phi) is 78.2. The number of phosphoric acid groups is 2. The Labute approximate surface area is 651 Å². The molecule has 0 saturated carbocycles. The van der Waals surface area contributed by atoms with Crippen molar-refractivity contribution < 1.29 is 80.2 Å². The molecule has 630 valence electrons. The fourth-order valence-corrected chi connectivity index (χ4v) is 15.2. The first-order valence-corrected chi connectivity index (χ1v) is 48.1. The second-order valence-electron chi connectivity index (χ2n) is 31.8. The number of unbranched alkanes of at least 4 members (excludes halogenated alkanes) is 59. The molecule has 0 spiro atoms. The van der Waals surface area contributed by atoms with E-state index in [9.17, 15) is 43.2 Å². The third kappa shape index (κ3) is 80.1. The summed E-state index contributed by atoms with van der Waals surface area (Å²) in [6, 6.07) is 0. The van der Waals surface area contributed by atoms with Gasteiger partial charge in [-0.05, 0) is 31.6 Å². The number of esters is 4. The summed E-state index contributed by atoms with van der Waals surface area (Å²) in [6.07, 6.45) is 73.7. The Morgan fingerprint density at radius 1 is 0.255 bits per heavy atom. The van der Waals surface area contributed by atoms with Crippen molar-refractivity contribution in [1.82, 2.24) is 0 Å². The minimum absolute atomic E-state index is 0.108. The summed E-state index contributed by atoms with van der Waals surface area (Å²) < 4.78 is 68.9. The topological polar surface area (TPSA) is 237 Å². The van der Waals surface area contributed by atoms with Gasteiger partial charge >= 0.3 is 39.5 Å². The van der Waals surface area contributed by atoms with Gasteiger partial charge in [0.05, 0.1) is 26.4 Å². The Morgan fingerprint density at radius 2 is 0.434 bits per heavy atom. The van der Waals surface area contributed by atoms with E-state index in [4.69, 9.17) is 37.0 Å². The van der Waals surface area contributed by atoms with Gasteiger partial charge in [-0.15, -0.1) is 0 Å². The van der Waals surface area contributed by atoms with E-state index in [1.54, 1.807) is 0 Å². The van der Waals surface area contributed by atoms with Gasteiger partial charge in [-0.1, -0.05) is 420 Å². The van der Waals surface area contributed by atoms with Gasteiger partial charge in [-0.3, -0.25) is 37.3 Å². The maximum atomic E-state index is 13.2. The number of rotatable bonds is 87. The van der Waals surface area contributed by atoms with Gasteiger partial charge in [0.15, 0.2) is 12.2 Å². The molecule has 0 radical (unpaired) electrons. The van der Waals surface area contributed by atoms with Crippen molar-refractivity contribution in [3.8, 4) is 0 Å². The fourth-order valence-electron chi connectivity index (χ4n) is 13.6. The second kappa shape index (κ2) is 79.7. The van der Waals surface area contributed by atoms with Gasteiger partial charge in [0.2, 0.25) is 0 Å². The average molecular weight is 1550 g/mol. The summed E-state index contributed by atoms with van der Waals surface area (Å²) in [7, 11) is -9.93. The van der Waals surface area contributed by atoms with Crippen molar-refractivity contribution >= 4 is 39.5 Å². The quantitative estimate of drug-likeness (QED) is 0.0222. The van der Waals surface area contributed by atoms with Crippen molar-refractivity contribution in [1.29, 1.82) is 0 Å². The molecule has 2 unspecified atom stereocenters. The van der Waals surface area contributed by atoms with Crippen LogP contribution in [0.1, 0.15) is 471 Å². The molecule has 0 fully saturated rings. The van der Waals surface area contributed by atoms with Crippen LogP contribution in [0.4, 0.5) is 0 Å². The highest BCUT2D eigenvalue weighted by atomic mass is 31.2. The Morgan fingerprint density at radius 3 is 0.642 bits per heavy atom. The van der Waals surface area contributed by atoms with E-state index < -0.39 is 97.5 Å². The lowest BCUT2D eigenvalue weighted by molar-refractivity contribution is -0.161. The normalized spacial score (nSPS) is 13.7. The van der Waals surface area contributed by atoms with Crippen molar-refractivity contribution in [3.05, 3.63) is 0 Å². The van der Waals surface area contributed by atoms with Crippen molar-refractivity contribution in [3.63, 3.8) is 0 Å². The van der Waals surface area contributed by atoms with Crippen LogP contribution in [-0.2, 0) is 65.4 Å². The van der Waals surface area contributed by atoms with Crippen molar-refractivity contribution in [2.45, 2.75) is 490 Å². The van der Waals surface area contributed by atoms with E-state index in [1.165, 1.54) is 295 Å². The van der Waals surface area contributed by atoms with Crippen LogP contribution in [-0.4, -0.2) is 96.7 Å². The Hall–Kier alpha value is -1.94. The first-order valence-electron chi connectivity index (χ1n) is 45.1. The summed E-state index contributed by atoms with van der Waals surface area (Å²) in [6.45, 7) is 7.37. The van der Waals surface area contributed by atoms with E-state index in [1.807, 2.05) is 0 Å². The maximum Gasteiger partial charge on any atom is 0.472 e. The number of ether oxygens (including phenoxy) is 4. The highest BCUT2D eigenvalue weighted by Gasteiger charge is 2.30. The number of phosphoric ester groups is 2. The van der Waals surface area contributed by atoms with Gasteiger partial charge in [0, 0.05) is 25.7 Å². The Balaban J connectivity index is 5.20. The molecule has 0 aromatic carbocycles. The molecule has 19 heteroatoms. The zero-order valence-electron chi connectivity index (χ0n) is 69.6. The number of hydrogen-bond donors (Lipinski definition) is 3. The molecule has 0 rings (SSSR count). The molecule has 0 aliphatic heterocycles. The summed E-state index contributed by atoms with van der Waals surface area (Å²) in [5.74, 6) is -1.31. The molecule has 0 bridgehead atoms. The highest BCUT2D eigenvalue weighted by Crippen LogP contribution is 2.45. The predicted molar refractivity (Wildman–Crippen MR) is 437 cm³/mol. The number of hydrogen-bond acceptors (Lipinski definition) is 15. The first kappa shape index (κ1) is 104. The molecular weight excluding hydrogens is 1380 g/mol. The van der Waals surface area contributed by atoms with E-state index in [2.05, 4.69) is 34.6 Å². The van der Waals surface area contributed by atoms with E-state index >= 15 is 0 Å². The van der Waals surface area contributed by atoms with Crippen molar-refractivity contribution in [2.24, 2.45) is 5.92 Å². The minimum atomic E-state index is -4.97. The van der Waals surface area contributed by atoms with E-state index in [0.717, 1.165) is 95.8 Å². The second-order valence-corrected chi connectivity index (χ2v) is 34.7. The number of aliphatic hydroxyl groups is 1. The van der Waals surface area contributed by atoms with Gasteiger partial charge in [-0.2, -0.15) is 0 Å². The van der Waals surface area contributed by atoms with Gasteiger partial charge in [0.25, 0.3) is 0 Å². The number of carbonyl (C=O) groups excluding carboxylic acids is 4. The zero-order valence-corrected chi connectivity index (χ0v) is 71.4. The van der Waals surface area contributed by atoms with Crippen LogP contribution in [0.5, 0.6) is 0 Å². The van der Waals surface area contributed by atoms with Crippen molar-refractivity contribution in [2.75, 3.05) is 39.6 Å². The summed E-state index contributed by atoms with van der Waals surface area (Å²) >= 11 is 0. The molecule has 3 N–H and O–H groups in total. The molecule has 0 amide bonds. The monoisotopic (exact) mass is 1550 g/mol. The number of carbonyl (C=O) groups is 4. The zero-order chi connectivity index (χ0) is 77.6. The molecule has 0 aliphatic rings. The first-order chi connectivity index (χ1) is 51.5. The van der Waals surface area contributed by atoms with Crippen LogP contribution in [0.3, 0.4) is 0 Å². The molecular formula is C87H170O17P2. The standard InChI is InChI=1S/C87H170O17P2/c1-6-9-12-15-18-21-23-25-27-29-31-32-33-34-36-38-43-47-52-57-62-67-72-87(92)104-83(77-98-85(90)71-66-61-56-51-46-42-37-35-30-28-26-24-22-19-16-13-10-7-2)79-102-106(95,96)100-75-81(88)74-99-105(93,94)101-78-82(76-97-84(89)70-65-60-55-49-20-17-14-11-8-3)103-86(91)73-68-63-58-53-48-44-40-39-41-45-50-54-59-64-69-80(4)5/h80-83,88H,6-79H2,1-5H3,(H,93,94)(H,95,96)/t81-,82+,83+/m0/s1. The fraction of sp³-hybridized carbons (Fsp3) is 0.954. The van der Waals surface area contributed by atoms with Crippen LogP contribution in [0.15, 0.2) is 0 Å². The smallest absolute Gasteiger partial charge is 0.462 e. The lowest BCUT2D eigenvalue weighted by Crippen LogP contribution is -2.30. The van der Waals surface area contributed by atoms with Crippen LogP contribution < -0.4 is 0 Å². The SMILES string of the molecule is CCCCCCCCCCCCCCCCCCCCCCCCC(=O)O[C@H](COC(=O)CCCCCCCCCCCCCCCCCCCC)COP(=O)(O)OC[C@@H](O)COP(=O)(O)OC[C@@H](COC(=O)CCCCCCCCCCC)OC(=O)CCCCCCCCCCCCCCCCC(C)C. The van der Waals surface area contributed by atoms with Crippen LogP contribution in [0.2, 0.25) is 0 Å². The van der Waals surface area contributed by atoms with Crippen LogP contribution in [0.25, 0.3) is 0 Å². The largest absolute Gasteiger partial charge is 0.472 e. The molecule has 0 aliphatic carbocycles. The minimum Gasteiger partial charge on any atom is -0.462 e. The van der Waals surface area contributed by atoms with Gasteiger partial charge < -0.3 is 33.8 Å². The van der Waals surface area contributed by atoms with Gasteiger partial charge in [-0.25, -0.2) is 9.13 Å². The summed E-state index contributed by atoms with van der Waals surface area (Å²) in [5, 5.41) is 10.7. The molecule has 0 saturated heterocycles. The molecule has 5 atom stereocenters. The average Bonchev–Trinajstić information content (AvgIpc) is 0.902. The molecule has 0 aromatic heterocycles. The maximum absolute atomic E-state index is 13.2. The third-order valence-corrected chi connectivity index (χ3v) is 22.4. The molecule has 106 heavy (non-hydrogen) atoms. The molecule has 0 heterocycles. The molecule has 17 nitrogen and oxygen atoms in total. The molecule has 0 aromatic rings. The third-order valence-electron chi connectivity index (χ3n) is 20.5. The van der Waals surface area contributed by atoms with E-state index in [0.29, 0.717) is 25.7 Å². The van der Waals surface area contributed by atoms with Crippen LogP contribution >= 0.6 is 15.6 Å². The van der Waals surface area contributed by atoms with E-state index in [-0.39, 0.29) is 25.7 Å². The summed E-state index contributed by atoms with van der Waals surface area (Å²) in [4.78, 5) is 73.2. The summed E-state index contributed by atoms with van der Waals surface area (Å²) in [5.41, 5.74) is 0.